The van der Waals surface area contributed by atoms with Crippen molar-refractivity contribution in [1.29, 1.82) is 5.26 Å². The SMILES string of the molecule is Cc1cc(CN)cc(C#N)c1C. The molecule has 2 nitrogen and oxygen atoms in total. The second-order valence-corrected chi connectivity index (χ2v) is 2.90. The molecule has 62 valence electrons. The molecule has 0 aliphatic rings. The molecule has 0 bridgehead atoms. The van der Waals surface area contributed by atoms with Crippen molar-refractivity contribution in [3.05, 3.63) is 34.4 Å². The molecule has 0 saturated carbocycles. The minimum Gasteiger partial charge on any atom is -0.326 e. The van der Waals surface area contributed by atoms with Crippen molar-refractivity contribution < 1.29 is 0 Å². The van der Waals surface area contributed by atoms with E-state index in [1.807, 2.05) is 26.0 Å². The van der Waals surface area contributed by atoms with Gasteiger partial charge in [-0.1, -0.05) is 6.07 Å². The topological polar surface area (TPSA) is 49.8 Å². The van der Waals surface area contributed by atoms with Gasteiger partial charge in [0.05, 0.1) is 11.6 Å². The summed E-state index contributed by atoms with van der Waals surface area (Å²) in [5, 5.41) is 8.77. The molecular formula is C10H12N2. The van der Waals surface area contributed by atoms with Gasteiger partial charge in [0, 0.05) is 6.54 Å². The monoisotopic (exact) mass is 160 g/mol. The van der Waals surface area contributed by atoms with E-state index in [0.29, 0.717) is 6.54 Å². The van der Waals surface area contributed by atoms with Crippen molar-refractivity contribution in [3.63, 3.8) is 0 Å². The van der Waals surface area contributed by atoms with Crippen LogP contribution in [0.2, 0.25) is 0 Å². The summed E-state index contributed by atoms with van der Waals surface area (Å²) in [6.45, 7) is 4.44. The van der Waals surface area contributed by atoms with Gasteiger partial charge in [-0.2, -0.15) is 5.26 Å². The largest absolute Gasteiger partial charge is 0.326 e. The molecule has 0 atom stereocenters. The second-order valence-electron chi connectivity index (χ2n) is 2.90. The number of nitrogens with two attached hydrogens (primary N) is 1. The molecule has 1 aromatic carbocycles. The van der Waals surface area contributed by atoms with E-state index in [0.717, 1.165) is 22.3 Å². The van der Waals surface area contributed by atoms with Gasteiger partial charge in [0.1, 0.15) is 0 Å². The zero-order valence-corrected chi connectivity index (χ0v) is 7.39. The summed E-state index contributed by atoms with van der Waals surface area (Å²) in [7, 11) is 0. The second kappa shape index (κ2) is 3.38. The van der Waals surface area contributed by atoms with Gasteiger partial charge in [-0.3, -0.25) is 0 Å². The van der Waals surface area contributed by atoms with E-state index in [1.165, 1.54) is 0 Å². The van der Waals surface area contributed by atoms with Crippen LogP contribution in [0.3, 0.4) is 0 Å². The molecular weight excluding hydrogens is 148 g/mol. The van der Waals surface area contributed by atoms with E-state index in [9.17, 15) is 0 Å². The molecule has 0 unspecified atom stereocenters. The number of benzene rings is 1. The minimum atomic E-state index is 0.496. The highest BCUT2D eigenvalue weighted by atomic mass is 14.5. The third kappa shape index (κ3) is 1.46. The van der Waals surface area contributed by atoms with E-state index < -0.39 is 0 Å². The fourth-order valence-corrected chi connectivity index (χ4v) is 1.17. The normalized spacial score (nSPS) is 9.50. The summed E-state index contributed by atoms with van der Waals surface area (Å²) in [5.74, 6) is 0. The van der Waals surface area contributed by atoms with E-state index in [1.54, 1.807) is 0 Å². The Hall–Kier alpha value is -1.33. The van der Waals surface area contributed by atoms with Gasteiger partial charge in [-0.05, 0) is 36.6 Å². The Morgan fingerprint density at radius 3 is 2.58 bits per heavy atom. The lowest BCUT2D eigenvalue weighted by atomic mass is 10.0. The van der Waals surface area contributed by atoms with E-state index >= 15 is 0 Å². The highest BCUT2D eigenvalue weighted by Gasteiger charge is 2.01. The number of aryl methyl sites for hydroxylation is 1. The molecule has 0 aromatic heterocycles. The smallest absolute Gasteiger partial charge is 0.0994 e. The van der Waals surface area contributed by atoms with E-state index in [4.69, 9.17) is 11.0 Å². The van der Waals surface area contributed by atoms with Gasteiger partial charge in [0.25, 0.3) is 0 Å². The zero-order valence-electron chi connectivity index (χ0n) is 7.39. The molecule has 0 aliphatic heterocycles. The van der Waals surface area contributed by atoms with Crippen LogP contribution in [-0.4, -0.2) is 0 Å². The van der Waals surface area contributed by atoms with Crippen LogP contribution in [0.5, 0.6) is 0 Å². The summed E-state index contributed by atoms with van der Waals surface area (Å²) >= 11 is 0. The van der Waals surface area contributed by atoms with Crippen molar-refractivity contribution >= 4 is 0 Å². The summed E-state index contributed by atoms with van der Waals surface area (Å²) in [6.07, 6.45) is 0. The summed E-state index contributed by atoms with van der Waals surface area (Å²) in [4.78, 5) is 0. The fraction of sp³-hybridized carbons (Fsp3) is 0.300. The molecule has 1 rings (SSSR count). The first-order chi connectivity index (χ1) is 5.69. The highest BCUT2D eigenvalue weighted by Crippen LogP contribution is 2.14. The predicted molar refractivity (Wildman–Crippen MR) is 48.5 cm³/mol. The van der Waals surface area contributed by atoms with Crippen molar-refractivity contribution in [2.75, 3.05) is 0 Å². The Morgan fingerprint density at radius 2 is 2.08 bits per heavy atom. The molecule has 0 aliphatic carbocycles. The molecule has 0 heterocycles. The molecule has 2 heteroatoms. The average Bonchev–Trinajstić information content (AvgIpc) is 2.09. The van der Waals surface area contributed by atoms with E-state index in [2.05, 4.69) is 6.07 Å². The standard InChI is InChI=1S/C10H12N2/c1-7-3-9(5-11)4-10(6-12)8(7)2/h3-4H,5,11H2,1-2H3. The molecule has 0 fully saturated rings. The van der Waals surface area contributed by atoms with Crippen LogP contribution < -0.4 is 5.73 Å². The maximum Gasteiger partial charge on any atom is 0.0994 e. The Kier molecular flexibility index (Phi) is 2.47. The molecule has 0 amide bonds. The lowest BCUT2D eigenvalue weighted by Gasteiger charge is -2.04. The maximum absolute atomic E-state index is 8.77. The minimum absolute atomic E-state index is 0.496. The Morgan fingerprint density at radius 1 is 1.42 bits per heavy atom. The van der Waals surface area contributed by atoms with Gasteiger partial charge in [0.15, 0.2) is 0 Å². The quantitative estimate of drug-likeness (QED) is 0.678. The molecule has 2 N–H and O–H groups in total. The fourth-order valence-electron chi connectivity index (χ4n) is 1.17. The predicted octanol–water partition coefficient (Wildman–Crippen LogP) is 1.63. The first-order valence-electron chi connectivity index (χ1n) is 3.89. The van der Waals surface area contributed by atoms with Crippen molar-refractivity contribution in [2.45, 2.75) is 20.4 Å². The number of nitriles is 1. The Labute approximate surface area is 72.6 Å². The van der Waals surface area contributed by atoms with Crippen LogP contribution in [-0.2, 0) is 6.54 Å². The molecule has 0 saturated heterocycles. The Balaban J connectivity index is 3.31. The van der Waals surface area contributed by atoms with Crippen LogP contribution in [0, 0.1) is 25.2 Å². The van der Waals surface area contributed by atoms with Crippen LogP contribution in [0.15, 0.2) is 12.1 Å². The Bertz CT molecular complexity index is 334. The molecule has 0 spiro atoms. The lowest BCUT2D eigenvalue weighted by Crippen LogP contribution is -1.99. The van der Waals surface area contributed by atoms with Crippen molar-refractivity contribution in [1.82, 2.24) is 0 Å². The lowest BCUT2D eigenvalue weighted by molar-refractivity contribution is 1.06. The molecule has 12 heavy (non-hydrogen) atoms. The third-order valence-electron chi connectivity index (χ3n) is 2.08. The van der Waals surface area contributed by atoms with Crippen LogP contribution in [0.1, 0.15) is 22.3 Å². The highest BCUT2D eigenvalue weighted by molar-refractivity contribution is 5.44. The first-order valence-corrected chi connectivity index (χ1v) is 3.89. The van der Waals surface area contributed by atoms with Gasteiger partial charge >= 0.3 is 0 Å². The third-order valence-corrected chi connectivity index (χ3v) is 2.08. The summed E-state index contributed by atoms with van der Waals surface area (Å²) in [5.41, 5.74) is 9.42. The zero-order chi connectivity index (χ0) is 9.14. The van der Waals surface area contributed by atoms with Crippen LogP contribution >= 0.6 is 0 Å². The average molecular weight is 160 g/mol. The molecule has 1 aromatic rings. The van der Waals surface area contributed by atoms with Gasteiger partial charge in [-0.25, -0.2) is 0 Å². The number of nitrogens with zero attached hydrogens (tertiary/aromatic N) is 1. The molecule has 0 radical (unpaired) electrons. The van der Waals surface area contributed by atoms with Crippen LogP contribution in [0.4, 0.5) is 0 Å². The van der Waals surface area contributed by atoms with Crippen molar-refractivity contribution in [3.8, 4) is 6.07 Å². The summed E-state index contributed by atoms with van der Waals surface area (Å²) in [6, 6.07) is 6.03. The summed E-state index contributed by atoms with van der Waals surface area (Å²) < 4.78 is 0. The number of hydrogen-bond acceptors (Lipinski definition) is 2. The first kappa shape index (κ1) is 8.76. The van der Waals surface area contributed by atoms with Gasteiger partial charge < -0.3 is 5.73 Å². The van der Waals surface area contributed by atoms with Crippen LogP contribution in [0.25, 0.3) is 0 Å². The van der Waals surface area contributed by atoms with Gasteiger partial charge in [0.2, 0.25) is 0 Å². The number of rotatable bonds is 1. The van der Waals surface area contributed by atoms with Crippen molar-refractivity contribution in [2.24, 2.45) is 5.73 Å². The number of hydrogen-bond donors (Lipinski definition) is 1. The maximum atomic E-state index is 8.77. The van der Waals surface area contributed by atoms with Gasteiger partial charge in [-0.15, -0.1) is 0 Å². The van der Waals surface area contributed by atoms with E-state index in [-0.39, 0.29) is 0 Å².